The summed E-state index contributed by atoms with van der Waals surface area (Å²) in [6.07, 6.45) is 1.49. The minimum atomic E-state index is -0.137. The highest BCUT2D eigenvalue weighted by atomic mass is 35.5. The van der Waals surface area contributed by atoms with Crippen LogP contribution in [-0.2, 0) is 4.79 Å². The number of hydrogen-bond acceptors (Lipinski definition) is 7. The molecular formula is C19H19Cl2N7OS. The number of nitrogens with two attached hydrogens (primary N) is 1. The third-order valence-corrected chi connectivity index (χ3v) is 5.80. The summed E-state index contributed by atoms with van der Waals surface area (Å²) >= 11 is 13.2. The van der Waals surface area contributed by atoms with E-state index in [1.807, 2.05) is 37.3 Å². The Morgan fingerprint density at radius 2 is 2.00 bits per heavy atom. The van der Waals surface area contributed by atoms with Crippen molar-refractivity contribution in [2.75, 3.05) is 17.0 Å². The van der Waals surface area contributed by atoms with Crippen molar-refractivity contribution in [3.05, 3.63) is 69.7 Å². The molecule has 156 valence electrons. The molecule has 0 radical (unpaired) electrons. The number of rotatable bonds is 8. The number of carbonyl (C=O) groups is 1. The second-order valence-corrected chi connectivity index (χ2v) is 7.91. The SMILES string of the molecule is CC(NC(=O)CSc1nnc(N/N=C/c2cccc(Cl)c2Cl)n1N)c1ccccc1. The topological polar surface area (TPSA) is 110 Å². The fourth-order valence-electron chi connectivity index (χ4n) is 2.47. The van der Waals surface area contributed by atoms with Crippen LogP contribution in [0.5, 0.6) is 0 Å². The minimum absolute atomic E-state index is 0.0973. The van der Waals surface area contributed by atoms with E-state index < -0.39 is 0 Å². The molecule has 4 N–H and O–H groups in total. The second kappa shape index (κ2) is 10.3. The van der Waals surface area contributed by atoms with Crippen molar-refractivity contribution in [2.24, 2.45) is 5.10 Å². The first kappa shape index (κ1) is 21.9. The van der Waals surface area contributed by atoms with Crippen LogP contribution in [0.3, 0.4) is 0 Å². The highest BCUT2D eigenvalue weighted by Crippen LogP contribution is 2.24. The van der Waals surface area contributed by atoms with Gasteiger partial charge in [0, 0.05) is 5.56 Å². The summed E-state index contributed by atoms with van der Waals surface area (Å²) in [4.78, 5) is 12.2. The molecule has 0 saturated carbocycles. The molecule has 0 aliphatic heterocycles. The maximum absolute atomic E-state index is 12.2. The number of amides is 1. The van der Waals surface area contributed by atoms with Crippen LogP contribution in [0.2, 0.25) is 10.0 Å². The van der Waals surface area contributed by atoms with E-state index >= 15 is 0 Å². The Labute approximate surface area is 187 Å². The molecule has 1 unspecified atom stereocenters. The number of aromatic nitrogens is 3. The van der Waals surface area contributed by atoms with Crippen LogP contribution >= 0.6 is 35.0 Å². The van der Waals surface area contributed by atoms with Gasteiger partial charge in [-0.1, -0.05) is 77.4 Å². The number of thioether (sulfide) groups is 1. The molecular weight excluding hydrogens is 445 g/mol. The first-order valence-corrected chi connectivity index (χ1v) is 10.6. The zero-order chi connectivity index (χ0) is 21.5. The molecule has 0 bridgehead atoms. The van der Waals surface area contributed by atoms with Crippen LogP contribution in [0.1, 0.15) is 24.1 Å². The van der Waals surface area contributed by atoms with Gasteiger partial charge in [0.15, 0.2) is 0 Å². The average Bonchev–Trinajstić information content (AvgIpc) is 3.10. The number of nitrogens with one attached hydrogen (secondary N) is 2. The number of anilines is 1. The number of nitrogen functional groups attached to an aromatic ring is 1. The fourth-order valence-corrected chi connectivity index (χ4v) is 3.49. The van der Waals surface area contributed by atoms with Crippen molar-refractivity contribution in [1.29, 1.82) is 0 Å². The van der Waals surface area contributed by atoms with Gasteiger partial charge in [-0.05, 0) is 18.6 Å². The van der Waals surface area contributed by atoms with Gasteiger partial charge >= 0.3 is 0 Å². The first-order valence-electron chi connectivity index (χ1n) is 8.86. The Balaban J connectivity index is 1.53. The van der Waals surface area contributed by atoms with Crippen LogP contribution in [0, 0.1) is 0 Å². The molecule has 1 heterocycles. The van der Waals surface area contributed by atoms with Gasteiger partial charge in [0.1, 0.15) is 0 Å². The zero-order valence-corrected chi connectivity index (χ0v) is 18.2. The van der Waals surface area contributed by atoms with Crippen LogP contribution in [-0.4, -0.2) is 32.7 Å². The van der Waals surface area contributed by atoms with Gasteiger partial charge in [-0.25, -0.2) is 10.1 Å². The van der Waals surface area contributed by atoms with E-state index in [-0.39, 0.29) is 23.7 Å². The van der Waals surface area contributed by atoms with Crippen LogP contribution in [0.4, 0.5) is 5.95 Å². The Hall–Kier alpha value is -2.75. The smallest absolute Gasteiger partial charge is 0.264 e. The molecule has 0 fully saturated rings. The molecule has 2 aromatic carbocycles. The summed E-state index contributed by atoms with van der Waals surface area (Å²) < 4.78 is 1.22. The summed E-state index contributed by atoms with van der Waals surface area (Å²) in [7, 11) is 0. The lowest BCUT2D eigenvalue weighted by Gasteiger charge is -2.13. The quantitative estimate of drug-likeness (QED) is 0.203. The van der Waals surface area contributed by atoms with Crippen molar-refractivity contribution in [2.45, 2.75) is 18.1 Å². The number of benzene rings is 2. The van der Waals surface area contributed by atoms with E-state index in [9.17, 15) is 4.79 Å². The van der Waals surface area contributed by atoms with Gasteiger partial charge in [-0.15, -0.1) is 10.2 Å². The number of hydrogen-bond donors (Lipinski definition) is 3. The van der Waals surface area contributed by atoms with Crippen LogP contribution < -0.4 is 16.6 Å². The third-order valence-electron chi connectivity index (χ3n) is 4.02. The van der Waals surface area contributed by atoms with Gasteiger partial charge in [-0.2, -0.15) is 5.10 Å². The van der Waals surface area contributed by atoms with Crippen LogP contribution in [0.15, 0.2) is 58.8 Å². The largest absolute Gasteiger partial charge is 0.349 e. The average molecular weight is 464 g/mol. The van der Waals surface area contributed by atoms with Gasteiger partial charge < -0.3 is 11.2 Å². The summed E-state index contributed by atoms with van der Waals surface area (Å²) in [6.45, 7) is 1.93. The zero-order valence-electron chi connectivity index (χ0n) is 15.9. The molecule has 0 spiro atoms. The number of halogens is 2. The molecule has 3 rings (SSSR count). The predicted octanol–water partition coefficient (Wildman–Crippen LogP) is 3.71. The fraction of sp³-hybridized carbons (Fsp3) is 0.158. The standard InChI is InChI=1S/C19H19Cl2N7OS/c1-12(13-6-3-2-4-7-13)24-16(29)11-30-19-27-26-18(28(19)22)25-23-10-14-8-5-9-15(20)17(14)21/h2-10,12H,11,22H2,1H3,(H,24,29)(H,25,26)/b23-10+. The Bertz CT molecular complexity index is 1040. The van der Waals surface area contributed by atoms with Gasteiger partial charge in [0.05, 0.1) is 28.1 Å². The molecule has 1 amide bonds. The van der Waals surface area contributed by atoms with E-state index in [2.05, 4.69) is 26.0 Å². The van der Waals surface area contributed by atoms with Gasteiger partial charge in [0.2, 0.25) is 11.1 Å². The lowest BCUT2D eigenvalue weighted by molar-refractivity contribution is -0.119. The van der Waals surface area contributed by atoms with E-state index in [0.717, 1.165) is 5.56 Å². The van der Waals surface area contributed by atoms with Crippen molar-refractivity contribution < 1.29 is 4.79 Å². The summed E-state index contributed by atoms with van der Waals surface area (Å²) in [5.41, 5.74) is 4.36. The minimum Gasteiger partial charge on any atom is -0.349 e. The molecule has 0 aliphatic rings. The molecule has 1 atom stereocenters. The van der Waals surface area contributed by atoms with Crippen molar-refractivity contribution in [1.82, 2.24) is 20.2 Å². The van der Waals surface area contributed by atoms with E-state index in [4.69, 9.17) is 29.0 Å². The highest BCUT2D eigenvalue weighted by molar-refractivity contribution is 7.99. The summed E-state index contributed by atoms with van der Waals surface area (Å²) in [5.74, 6) is 6.19. The van der Waals surface area contributed by atoms with Crippen LogP contribution in [0.25, 0.3) is 0 Å². The maximum atomic E-state index is 12.2. The first-order chi connectivity index (χ1) is 14.5. The molecule has 1 aromatic heterocycles. The van der Waals surface area contributed by atoms with Gasteiger partial charge in [-0.3, -0.25) is 4.79 Å². The van der Waals surface area contributed by atoms with E-state index in [1.165, 1.54) is 22.7 Å². The van der Waals surface area contributed by atoms with E-state index in [1.54, 1.807) is 18.2 Å². The Morgan fingerprint density at radius 1 is 1.23 bits per heavy atom. The normalized spacial score (nSPS) is 12.1. The van der Waals surface area contributed by atoms with Crippen molar-refractivity contribution in [3.63, 3.8) is 0 Å². The van der Waals surface area contributed by atoms with Crippen molar-refractivity contribution in [3.8, 4) is 0 Å². The lowest BCUT2D eigenvalue weighted by Crippen LogP contribution is -2.28. The molecule has 3 aromatic rings. The van der Waals surface area contributed by atoms with Gasteiger partial charge in [0.25, 0.3) is 5.95 Å². The third kappa shape index (κ3) is 5.65. The highest BCUT2D eigenvalue weighted by Gasteiger charge is 2.14. The molecule has 0 saturated heterocycles. The van der Waals surface area contributed by atoms with E-state index in [0.29, 0.717) is 20.8 Å². The predicted molar refractivity (Wildman–Crippen MR) is 122 cm³/mol. The number of hydrazone groups is 1. The lowest BCUT2D eigenvalue weighted by atomic mass is 10.1. The van der Waals surface area contributed by atoms with Crippen molar-refractivity contribution >= 4 is 53.0 Å². The second-order valence-electron chi connectivity index (χ2n) is 6.18. The Kier molecular flexibility index (Phi) is 7.56. The monoisotopic (exact) mass is 463 g/mol. The maximum Gasteiger partial charge on any atom is 0.264 e. The summed E-state index contributed by atoms with van der Waals surface area (Å²) in [6, 6.07) is 14.8. The molecule has 11 heteroatoms. The molecule has 8 nitrogen and oxygen atoms in total. The number of carbonyl (C=O) groups excluding carboxylic acids is 1. The number of nitrogens with zero attached hydrogens (tertiary/aromatic N) is 4. The molecule has 0 aliphatic carbocycles. The Morgan fingerprint density at radius 3 is 2.77 bits per heavy atom. The summed E-state index contributed by atoms with van der Waals surface area (Å²) in [5, 5.41) is 16.1. The molecule has 30 heavy (non-hydrogen) atoms.